The molecule has 0 radical (unpaired) electrons. The molecule has 4 nitrogen and oxygen atoms in total. The number of benzene rings is 1. The predicted molar refractivity (Wildman–Crippen MR) is 103 cm³/mol. The van der Waals surface area contributed by atoms with E-state index in [0.29, 0.717) is 12.0 Å². The van der Waals surface area contributed by atoms with Crippen molar-refractivity contribution >= 4 is 6.03 Å². The maximum Gasteiger partial charge on any atom is 0.317 e. The number of carbonyl (C=O) groups is 1. The average Bonchev–Trinajstić information content (AvgIpc) is 2.62. The molecule has 138 valence electrons. The van der Waals surface area contributed by atoms with Gasteiger partial charge in [0.25, 0.3) is 0 Å². The van der Waals surface area contributed by atoms with Crippen molar-refractivity contribution in [3.8, 4) is 0 Å². The van der Waals surface area contributed by atoms with Crippen LogP contribution in [0.1, 0.15) is 56.7 Å². The highest BCUT2D eigenvalue weighted by Gasteiger charge is 2.28. The van der Waals surface area contributed by atoms with Gasteiger partial charge in [-0.2, -0.15) is 0 Å². The van der Waals surface area contributed by atoms with Crippen LogP contribution in [0.4, 0.5) is 4.79 Å². The SMILES string of the molecule is CC(C)CN1CCC(NC(=O)N(C)[C@H]2CCCc3ccccc32)CC1. The third kappa shape index (κ3) is 4.55. The van der Waals surface area contributed by atoms with Crippen LogP contribution < -0.4 is 5.32 Å². The first kappa shape index (κ1) is 18.2. The molecule has 1 N–H and O–H groups in total. The van der Waals surface area contributed by atoms with Crippen molar-refractivity contribution in [1.29, 1.82) is 0 Å². The van der Waals surface area contributed by atoms with Gasteiger partial charge in [0.15, 0.2) is 0 Å². The summed E-state index contributed by atoms with van der Waals surface area (Å²) < 4.78 is 0. The number of nitrogens with one attached hydrogen (secondary N) is 1. The maximum atomic E-state index is 12.8. The normalized spacial score (nSPS) is 21.8. The van der Waals surface area contributed by atoms with E-state index in [1.807, 2.05) is 11.9 Å². The van der Waals surface area contributed by atoms with Crippen molar-refractivity contribution < 1.29 is 4.79 Å². The van der Waals surface area contributed by atoms with E-state index in [1.165, 1.54) is 17.7 Å². The van der Waals surface area contributed by atoms with E-state index in [2.05, 4.69) is 48.3 Å². The summed E-state index contributed by atoms with van der Waals surface area (Å²) in [6, 6.07) is 9.21. The molecule has 0 bridgehead atoms. The Morgan fingerprint density at radius 2 is 1.96 bits per heavy atom. The second kappa shape index (κ2) is 8.22. The minimum atomic E-state index is 0.0870. The first-order chi connectivity index (χ1) is 12.0. The number of piperidine rings is 1. The monoisotopic (exact) mass is 343 g/mol. The van der Waals surface area contributed by atoms with Gasteiger partial charge in [0, 0.05) is 32.7 Å². The summed E-state index contributed by atoms with van der Waals surface area (Å²) in [6.45, 7) is 7.90. The van der Waals surface area contributed by atoms with Crippen molar-refractivity contribution in [3.63, 3.8) is 0 Å². The third-order valence-corrected chi connectivity index (χ3v) is 5.66. The molecular formula is C21H33N3O. The van der Waals surface area contributed by atoms with Crippen LogP contribution in [-0.2, 0) is 6.42 Å². The molecule has 1 aromatic rings. The largest absolute Gasteiger partial charge is 0.335 e. The van der Waals surface area contributed by atoms with E-state index in [9.17, 15) is 4.79 Å². The van der Waals surface area contributed by atoms with Crippen molar-refractivity contribution in [1.82, 2.24) is 15.1 Å². The topological polar surface area (TPSA) is 35.6 Å². The number of hydrogen-bond donors (Lipinski definition) is 1. The fraction of sp³-hybridized carbons (Fsp3) is 0.667. The Morgan fingerprint density at radius 3 is 2.68 bits per heavy atom. The molecule has 0 aromatic heterocycles. The van der Waals surface area contributed by atoms with E-state index < -0.39 is 0 Å². The van der Waals surface area contributed by atoms with E-state index in [1.54, 1.807) is 0 Å². The fourth-order valence-corrected chi connectivity index (χ4v) is 4.32. The van der Waals surface area contributed by atoms with Crippen molar-refractivity contribution in [3.05, 3.63) is 35.4 Å². The number of amides is 2. The zero-order valence-electron chi connectivity index (χ0n) is 16.0. The minimum absolute atomic E-state index is 0.0870. The van der Waals surface area contributed by atoms with Crippen LogP contribution in [-0.4, -0.2) is 48.6 Å². The van der Waals surface area contributed by atoms with Gasteiger partial charge in [0.05, 0.1) is 6.04 Å². The molecule has 1 aliphatic heterocycles. The number of carbonyl (C=O) groups excluding carboxylic acids is 1. The van der Waals surface area contributed by atoms with Gasteiger partial charge in [-0.25, -0.2) is 4.79 Å². The van der Waals surface area contributed by atoms with E-state index in [0.717, 1.165) is 45.2 Å². The summed E-state index contributed by atoms with van der Waals surface area (Å²) in [5.74, 6) is 0.712. The first-order valence-electron chi connectivity index (χ1n) is 9.88. The molecule has 0 unspecified atom stereocenters. The van der Waals surface area contributed by atoms with Gasteiger partial charge in [0.2, 0.25) is 0 Å². The quantitative estimate of drug-likeness (QED) is 0.902. The Morgan fingerprint density at radius 1 is 1.24 bits per heavy atom. The average molecular weight is 344 g/mol. The number of aryl methyl sites for hydroxylation is 1. The molecule has 4 heteroatoms. The standard InChI is InChI=1S/C21H33N3O/c1-16(2)15-24-13-11-18(12-14-24)22-21(25)23(3)20-10-6-8-17-7-4-5-9-19(17)20/h4-5,7,9,16,18,20H,6,8,10-15H2,1-3H3,(H,22,25)/t20-/m0/s1. The number of rotatable bonds is 4. The molecule has 25 heavy (non-hydrogen) atoms. The van der Waals surface area contributed by atoms with Gasteiger partial charge >= 0.3 is 6.03 Å². The molecule has 1 aromatic carbocycles. The van der Waals surface area contributed by atoms with Gasteiger partial charge in [-0.3, -0.25) is 0 Å². The number of nitrogens with zero attached hydrogens (tertiary/aromatic N) is 2. The number of urea groups is 1. The number of fused-ring (bicyclic) bond motifs is 1. The lowest BCUT2D eigenvalue weighted by Gasteiger charge is -2.37. The Labute approximate surface area is 152 Å². The second-order valence-corrected chi connectivity index (χ2v) is 8.14. The van der Waals surface area contributed by atoms with Crippen LogP contribution in [0, 0.1) is 5.92 Å². The molecule has 1 fully saturated rings. The fourth-order valence-electron chi connectivity index (χ4n) is 4.32. The molecule has 1 heterocycles. The first-order valence-corrected chi connectivity index (χ1v) is 9.88. The van der Waals surface area contributed by atoms with Crippen molar-refractivity contribution in [2.75, 3.05) is 26.7 Å². The van der Waals surface area contributed by atoms with Gasteiger partial charge < -0.3 is 15.1 Å². The van der Waals surface area contributed by atoms with Gasteiger partial charge in [-0.1, -0.05) is 38.1 Å². The van der Waals surface area contributed by atoms with Crippen molar-refractivity contribution in [2.45, 2.75) is 58.0 Å². The Kier molecular flexibility index (Phi) is 6.00. The number of likely N-dealkylation sites (tertiary alicyclic amines) is 1. The summed E-state index contributed by atoms with van der Waals surface area (Å²) in [7, 11) is 1.95. The highest BCUT2D eigenvalue weighted by Crippen LogP contribution is 2.33. The summed E-state index contributed by atoms with van der Waals surface area (Å²) in [5.41, 5.74) is 2.73. The molecule has 0 spiro atoms. The minimum Gasteiger partial charge on any atom is -0.335 e. The summed E-state index contributed by atoms with van der Waals surface area (Å²) in [6.07, 6.45) is 5.48. The lowest BCUT2D eigenvalue weighted by molar-refractivity contribution is 0.157. The maximum absolute atomic E-state index is 12.8. The molecular weight excluding hydrogens is 310 g/mol. The van der Waals surface area contributed by atoms with Gasteiger partial charge in [-0.05, 0) is 49.1 Å². The van der Waals surface area contributed by atoms with Gasteiger partial charge in [0.1, 0.15) is 0 Å². The van der Waals surface area contributed by atoms with Crippen LogP contribution in [0.2, 0.25) is 0 Å². The lowest BCUT2D eigenvalue weighted by Crippen LogP contribution is -2.49. The molecule has 1 saturated heterocycles. The molecule has 2 amide bonds. The zero-order valence-corrected chi connectivity index (χ0v) is 16.0. The smallest absolute Gasteiger partial charge is 0.317 e. The van der Waals surface area contributed by atoms with Crippen LogP contribution in [0.5, 0.6) is 0 Å². The van der Waals surface area contributed by atoms with E-state index in [4.69, 9.17) is 0 Å². The highest BCUT2D eigenvalue weighted by atomic mass is 16.2. The zero-order chi connectivity index (χ0) is 17.8. The van der Waals surface area contributed by atoms with Gasteiger partial charge in [-0.15, -0.1) is 0 Å². The predicted octanol–water partition coefficient (Wildman–Crippen LogP) is 3.83. The molecule has 1 aliphatic carbocycles. The summed E-state index contributed by atoms with van der Waals surface area (Å²) >= 11 is 0. The highest BCUT2D eigenvalue weighted by molar-refractivity contribution is 5.75. The Bertz CT molecular complexity index is 578. The van der Waals surface area contributed by atoms with Crippen LogP contribution in [0.3, 0.4) is 0 Å². The van der Waals surface area contributed by atoms with Crippen LogP contribution >= 0.6 is 0 Å². The van der Waals surface area contributed by atoms with Crippen molar-refractivity contribution in [2.24, 2.45) is 5.92 Å². The molecule has 1 atom stereocenters. The Balaban J connectivity index is 1.54. The van der Waals surface area contributed by atoms with Crippen LogP contribution in [0.15, 0.2) is 24.3 Å². The lowest BCUT2D eigenvalue weighted by atomic mass is 9.87. The molecule has 3 rings (SSSR count). The molecule has 2 aliphatic rings. The third-order valence-electron chi connectivity index (χ3n) is 5.66. The van der Waals surface area contributed by atoms with E-state index >= 15 is 0 Å². The second-order valence-electron chi connectivity index (χ2n) is 8.14. The van der Waals surface area contributed by atoms with Crippen LogP contribution in [0.25, 0.3) is 0 Å². The summed E-state index contributed by atoms with van der Waals surface area (Å²) in [4.78, 5) is 17.2. The summed E-state index contributed by atoms with van der Waals surface area (Å²) in [5, 5.41) is 3.28. The van der Waals surface area contributed by atoms with E-state index in [-0.39, 0.29) is 12.1 Å². The number of hydrogen-bond acceptors (Lipinski definition) is 2. The Hall–Kier alpha value is -1.55. The molecule has 0 saturated carbocycles.